The van der Waals surface area contributed by atoms with Crippen molar-refractivity contribution in [3.8, 4) is 12.1 Å². The Kier molecular flexibility index (Phi) is 11.7. The van der Waals surface area contributed by atoms with Crippen LogP contribution in [0.3, 0.4) is 0 Å². The number of hydrogen-bond donors (Lipinski definition) is 1. The topological polar surface area (TPSA) is 200 Å². The molecule has 0 aliphatic carbocycles. The summed E-state index contributed by atoms with van der Waals surface area (Å²) in [4.78, 5) is 48.0. The largest absolute Gasteiger partial charge is 0.466 e. The van der Waals surface area contributed by atoms with Gasteiger partial charge in [0.15, 0.2) is 0 Å². The molecule has 0 aliphatic rings. The Morgan fingerprint density at radius 2 is 1.52 bits per heavy atom. The van der Waals surface area contributed by atoms with Crippen molar-refractivity contribution in [3.05, 3.63) is 51.6 Å². The highest BCUT2D eigenvalue weighted by atomic mass is 16.6. The summed E-state index contributed by atoms with van der Waals surface area (Å²) < 4.78 is 9.99. The van der Waals surface area contributed by atoms with E-state index in [1.54, 1.807) is 43.0 Å². The van der Waals surface area contributed by atoms with Gasteiger partial charge in [0.1, 0.15) is 23.5 Å². The van der Waals surface area contributed by atoms with Crippen LogP contribution < -0.4 is 10.2 Å². The summed E-state index contributed by atoms with van der Waals surface area (Å²) in [6.45, 7) is 5.54. The molecule has 0 bridgehead atoms. The molecule has 0 unspecified atom stereocenters. The second kappa shape index (κ2) is 15.1. The summed E-state index contributed by atoms with van der Waals surface area (Å²) in [5.74, 6) is -1.26. The number of amides is 1. The molecule has 2 aromatic carbocycles. The number of azo groups is 1. The number of nitriles is 2. The number of nitro groups is 1. The average molecular weight is 550 g/mol. The second-order valence-corrected chi connectivity index (χ2v) is 8.05. The minimum absolute atomic E-state index is 0.0433. The first-order valence-corrected chi connectivity index (χ1v) is 12.2. The van der Waals surface area contributed by atoms with E-state index in [4.69, 9.17) is 9.47 Å². The zero-order chi connectivity index (χ0) is 29.7. The van der Waals surface area contributed by atoms with Crippen LogP contribution in [0.15, 0.2) is 40.6 Å². The van der Waals surface area contributed by atoms with Crippen molar-refractivity contribution in [2.75, 3.05) is 36.5 Å². The minimum atomic E-state index is -0.730. The Morgan fingerprint density at radius 1 is 0.975 bits per heavy atom. The van der Waals surface area contributed by atoms with Crippen molar-refractivity contribution >= 4 is 46.3 Å². The molecule has 1 amide bonds. The van der Waals surface area contributed by atoms with Crippen LogP contribution in [0.1, 0.15) is 44.7 Å². The van der Waals surface area contributed by atoms with Gasteiger partial charge in [0, 0.05) is 37.8 Å². The fraction of sp³-hybridized carbons (Fsp3) is 0.346. The van der Waals surface area contributed by atoms with E-state index in [2.05, 4.69) is 15.5 Å². The SMILES string of the molecule is CCOC(=O)CCN(CCC(=O)OCC)c1ccc(N=Nc2c(C#N)cc([N+](=O)[O-])cc2C#N)c(NC(C)=O)c1. The normalized spacial score (nSPS) is 10.3. The number of anilines is 2. The van der Waals surface area contributed by atoms with Crippen molar-refractivity contribution in [2.24, 2.45) is 10.2 Å². The first-order chi connectivity index (χ1) is 19.1. The lowest BCUT2D eigenvalue weighted by atomic mass is 10.1. The predicted molar refractivity (Wildman–Crippen MR) is 142 cm³/mol. The highest BCUT2D eigenvalue weighted by Gasteiger charge is 2.18. The fourth-order valence-electron chi connectivity index (χ4n) is 3.49. The molecular formula is C26H27N7O7. The van der Waals surface area contributed by atoms with E-state index in [0.29, 0.717) is 5.69 Å². The third-order valence-corrected chi connectivity index (χ3v) is 5.24. The van der Waals surface area contributed by atoms with Gasteiger partial charge in [-0.05, 0) is 32.0 Å². The van der Waals surface area contributed by atoms with E-state index < -0.39 is 28.5 Å². The Bertz CT molecular complexity index is 1340. The van der Waals surface area contributed by atoms with Gasteiger partial charge >= 0.3 is 11.9 Å². The molecule has 0 aliphatic heterocycles. The van der Waals surface area contributed by atoms with Gasteiger partial charge in [0.25, 0.3) is 5.69 Å². The summed E-state index contributed by atoms with van der Waals surface area (Å²) in [6, 6.07) is 10.2. The van der Waals surface area contributed by atoms with E-state index in [-0.39, 0.29) is 67.3 Å². The Morgan fingerprint density at radius 3 is 1.98 bits per heavy atom. The van der Waals surface area contributed by atoms with Crippen molar-refractivity contribution < 1.29 is 28.8 Å². The number of carbonyl (C=O) groups excluding carboxylic acids is 3. The number of non-ortho nitro benzene ring substituents is 1. The molecular weight excluding hydrogens is 522 g/mol. The van der Waals surface area contributed by atoms with E-state index in [0.717, 1.165) is 12.1 Å². The van der Waals surface area contributed by atoms with Crippen LogP contribution in [0.4, 0.5) is 28.4 Å². The molecule has 0 radical (unpaired) electrons. The van der Waals surface area contributed by atoms with Gasteiger partial charge in [0.2, 0.25) is 5.91 Å². The Labute approximate surface area is 230 Å². The number of ether oxygens (including phenoxy) is 2. The molecule has 0 aromatic heterocycles. The summed E-state index contributed by atoms with van der Waals surface area (Å²) in [7, 11) is 0. The van der Waals surface area contributed by atoms with E-state index >= 15 is 0 Å². The maximum Gasteiger partial charge on any atom is 0.307 e. The van der Waals surface area contributed by atoms with Gasteiger partial charge in [0.05, 0.1) is 47.8 Å². The number of carbonyl (C=O) groups is 3. The lowest BCUT2D eigenvalue weighted by molar-refractivity contribution is -0.384. The third-order valence-electron chi connectivity index (χ3n) is 5.24. The molecule has 40 heavy (non-hydrogen) atoms. The van der Waals surface area contributed by atoms with Crippen molar-refractivity contribution in [2.45, 2.75) is 33.6 Å². The van der Waals surface area contributed by atoms with Gasteiger partial charge in [-0.1, -0.05) is 0 Å². The molecule has 0 atom stereocenters. The summed E-state index contributed by atoms with van der Waals surface area (Å²) in [6.07, 6.45) is 0.0865. The zero-order valence-electron chi connectivity index (χ0n) is 22.2. The highest BCUT2D eigenvalue weighted by molar-refractivity contribution is 5.93. The first-order valence-electron chi connectivity index (χ1n) is 12.2. The van der Waals surface area contributed by atoms with Gasteiger partial charge in [-0.3, -0.25) is 24.5 Å². The minimum Gasteiger partial charge on any atom is -0.466 e. The summed E-state index contributed by atoms with van der Waals surface area (Å²) >= 11 is 0. The molecule has 14 nitrogen and oxygen atoms in total. The average Bonchev–Trinajstić information content (AvgIpc) is 2.91. The van der Waals surface area contributed by atoms with Crippen LogP contribution in [-0.4, -0.2) is 49.1 Å². The summed E-state index contributed by atoms with van der Waals surface area (Å²) in [5, 5.41) is 40.7. The standard InChI is InChI=1S/C26H27N7O7/c1-4-39-24(35)8-10-32(11-9-25(36)40-5-2)20-6-7-22(23(14-20)29-17(3)34)30-31-26-18(15-27)12-21(33(37)38)13-19(26)16-28/h6-7,12-14H,4-5,8-11H2,1-3H3,(H,29,34). The number of hydrogen-bond acceptors (Lipinski definition) is 12. The molecule has 2 rings (SSSR count). The fourth-order valence-corrected chi connectivity index (χ4v) is 3.49. The van der Waals surface area contributed by atoms with Crippen LogP contribution in [0.2, 0.25) is 0 Å². The molecule has 0 spiro atoms. The second-order valence-electron chi connectivity index (χ2n) is 8.05. The lowest BCUT2D eigenvalue weighted by Gasteiger charge is -2.25. The molecule has 208 valence electrons. The molecule has 0 saturated heterocycles. The predicted octanol–water partition coefficient (Wildman–Crippen LogP) is 4.42. The molecule has 0 saturated carbocycles. The Balaban J connectivity index is 2.49. The van der Waals surface area contributed by atoms with Crippen LogP contribution >= 0.6 is 0 Å². The third kappa shape index (κ3) is 8.88. The molecule has 0 fully saturated rings. The number of nitrogens with one attached hydrogen (secondary N) is 1. The van der Waals surface area contributed by atoms with Crippen LogP contribution in [0, 0.1) is 32.8 Å². The monoisotopic (exact) mass is 549 g/mol. The van der Waals surface area contributed by atoms with Crippen molar-refractivity contribution in [1.82, 2.24) is 0 Å². The van der Waals surface area contributed by atoms with Gasteiger partial charge in [-0.15, -0.1) is 10.2 Å². The Hall–Kier alpha value is -5.37. The van der Waals surface area contributed by atoms with Crippen molar-refractivity contribution in [1.29, 1.82) is 10.5 Å². The highest BCUT2D eigenvalue weighted by Crippen LogP contribution is 2.34. The van der Waals surface area contributed by atoms with Crippen LogP contribution in [0.5, 0.6) is 0 Å². The number of nitro benzene ring substituents is 1. The first kappa shape index (κ1) is 30.9. The smallest absolute Gasteiger partial charge is 0.307 e. The number of rotatable bonds is 13. The van der Waals surface area contributed by atoms with Gasteiger partial charge in [-0.2, -0.15) is 10.5 Å². The van der Waals surface area contributed by atoms with Gasteiger partial charge in [-0.25, -0.2) is 0 Å². The van der Waals surface area contributed by atoms with Crippen LogP contribution in [0.25, 0.3) is 0 Å². The van der Waals surface area contributed by atoms with E-state index in [9.17, 15) is 35.0 Å². The van der Waals surface area contributed by atoms with Gasteiger partial charge < -0.3 is 19.7 Å². The van der Waals surface area contributed by atoms with Crippen molar-refractivity contribution in [3.63, 3.8) is 0 Å². The maximum atomic E-state index is 12.0. The zero-order valence-corrected chi connectivity index (χ0v) is 22.2. The molecule has 0 heterocycles. The molecule has 1 N–H and O–H groups in total. The van der Waals surface area contributed by atoms with E-state index in [1.807, 2.05) is 0 Å². The molecule has 14 heteroatoms. The number of benzene rings is 2. The quantitative estimate of drug-likeness (QED) is 0.161. The number of esters is 2. The number of nitrogens with zero attached hydrogens (tertiary/aromatic N) is 6. The maximum absolute atomic E-state index is 12.0. The summed E-state index contributed by atoms with van der Waals surface area (Å²) in [5.41, 5.74) is -0.152. The van der Waals surface area contributed by atoms with Crippen LogP contribution in [-0.2, 0) is 23.9 Å². The lowest BCUT2D eigenvalue weighted by Crippen LogP contribution is -2.29. The molecule has 2 aromatic rings. The van der Waals surface area contributed by atoms with E-state index in [1.165, 1.54) is 13.0 Å².